The van der Waals surface area contributed by atoms with Crippen LogP contribution in [0.3, 0.4) is 0 Å². The molecular weight excluding hydrogens is 200 g/mol. The molecule has 16 heavy (non-hydrogen) atoms. The Morgan fingerprint density at radius 1 is 1.38 bits per heavy atom. The van der Waals surface area contributed by atoms with Gasteiger partial charge in [0, 0.05) is 25.7 Å². The lowest BCUT2D eigenvalue weighted by Crippen LogP contribution is -2.34. The van der Waals surface area contributed by atoms with E-state index in [4.69, 9.17) is 0 Å². The van der Waals surface area contributed by atoms with Gasteiger partial charge in [-0.05, 0) is 34.1 Å². The van der Waals surface area contributed by atoms with Gasteiger partial charge >= 0.3 is 0 Å². The summed E-state index contributed by atoms with van der Waals surface area (Å²) in [6, 6.07) is 0.583. The van der Waals surface area contributed by atoms with E-state index in [1.54, 1.807) is 0 Å². The van der Waals surface area contributed by atoms with E-state index in [0.29, 0.717) is 6.04 Å². The highest BCUT2D eigenvalue weighted by molar-refractivity contribution is 5.70. The minimum atomic E-state index is 0.583. The van der Waals surface area contributed by atoms with E-state index in [0.717, 1.165) is 25.3 Å². The zero-order valence-electron chi connectivity index (χ0n) is 10.7. The van der Waals surface area contributed by atoms with Gasteiger partial charge in [0.25, 0.3) is 0 Å². The maximum Gasteiger partial charge on any atom is 0.151 e. The first-order valence-corrected chi connectivity index (χ1v) is 6.26. The molecule has 4 heteroatoms. The third-order valence-corrected chi connectivity index (χ3v) is 3.41. The van der Waals surface area contributed by atoms with Crippen LogP contribution in [0.2, 0.25) is 0 Å². The van der Waals surface area contributed by atoms with Gasteiger partial charge < -0.3 is 10.2 Å². The Labute approximate surface area is 97.6 Å². The molecule has 1 aliphatic heterocycles. The summed E-state index contributed by atoms with van der Waals surface area (Å²) in [4.78, 5) is 2.46. The van der Waals surface area contributed by atoms with Crippen LogP contribution in [0.4, 0.5) is 11.5 Å². The molecule has 0 aliphatic carbocycles. The second kappa shape index (κ2) is 4.36. The van der Waals surface area contributed by atoms with E-state index in [1.165, 1.54) is 17.9 Å². The fourth-order valence-corrected chi connectivity index (χ4v) is 2.52. The molecule has 0 fully saturated rings. The first kappa shape index (κ1) is 11.3. The summed E-state index contributed by atoms with van der Waals surface area (Å²) in [6.07, 6.45) is 1.19. The molecule has 1 N–H and O–H groups in total. The van der Waals surface area contributed by atoms with Gasteiger partial charge in [0.05, 0.1) is 5.69 Å². The normalized spacial score (nSPS) is 20.2. The molecule has 90 valence electrons. The van der Waals surface area contributed by atoms with Crippen LogP contribution in [0.25, 0.3) is 0 Å². The van der Waals surface area contributed by atoms with Crippen LogP contribution in [0.5, 0.6) is 0 Å². The molecule has 2 rings (SSSR count). The number of hydrogen-bond donors (Lipinski definition) is 1. The van der Waals surface area contributed by atoms with Crippen LogP contribution in [-0.2, 0) is 6.54 Å². The molecule has 1 aromatic rings. The number of nitrogens with zero attached hydrogens (tertiary/aromatic N) is 3. The van der Waals surface area contributed by atoms with Crippen LogP contribution in [0.15, 0.2) is 0 Å². The minimum Gasteiger partial charge on any atom is -0.380 e. The van der Waals surface area contributed by atoms with Crippen LogP contribution < -0.4 is 10.2 Å². The zero-order chi connectivity index (χ0) is 11.7. The van der Waals surface area contributed by atoms with Crippen molar-refractivity contribution in [3.05, 3.63) is 5.69 Å². The summed E-state index contributed by atoms with van der Waals surface area (Å²) in [7, 11) is 0. The Kier molecular flexibility index (Phi) is 3.08. The second-order valence-corrected chi connectivity index (χ2v) is 4.45. The molecule has 0 amide bonds. The molecular formula is C12H22N4. The van der Waals surface area contributed by atoms with Gasteiger partial charge in [-0.2, -0.15) is 5.10 Å². The van der Waals surface area contributed by atoms with Gasteiger partial charge in [-0.25, -0.2) is 4.68 Å². The van der Waals surface area contributed by atoms with E-state index in [-0.39, 0.29) is 0 Å². The quantitative estimate of drug-likeness (QED) is 0.833. The highest BCUT2D eigenvalue weighted by Gasteiger charge is 2.25. The van der Waals surface area contributed by atoms with Crippen LogP contribution in [-0.4, -0.2) is 28.9 Å². The Morgan fingerprint density at radius 2 is 2.12 bits per heavy atom. The molecule has 1 unspecified atom stereocenters. The number of aromatic nitrogens is 2. The monoisotopic (exact) mass is 222 g/mol. The lowest BCUT2D eigenvalue weighted by atomic mass is 10.2. The van der Waals surface area contributed by atoms with Crippen molar-refractivity contribution in [2.45, 2.75) is 46.7 Å². The summed E-state index contributed by atoms with van der Waals surface area (Å²) in [5.74, 6) is 1.27. The lowest BCUT2D eigenvalue weighted by Gasteiger charge is -2.28. The largest absolute Gasteiger partial charge is 0.380 e. The topological polar surface area (TPSA) is 33.1 Å². The van der Waals surface area contributed by atoms with E-state index in [1.807, 2.05) is 0 Å². The summed E-state index contributed by atoms with van der Waals surface area (Å²) in [5.41, 5.74) is 2.34. The fourth-order valence-electron chi connectivity index (χ4n) is 2.52. The summed E-state index contributed by atoms with van der Waals surface area (Å²) in [6.45, 7) is 11.8. The van der Waals surface area contributed by atoms with Crippen molar-refractivity contribution in [3.8, 4) is 0 Å². The first-order valence-electron chi connectivity index (χ1n) is 6.26. The van der Waals surface area contributed by atoms with Crippen LogP contribution in [0.1, 0.15) is 32.9 Å². The molecule has 1 aliphatic rings. The van der Waals surface area contributed by atoms with Crippen molar-refractivity contribution in [2.75, 3.05) is 23.3 Å². The van der Waals surface area contributed by atoms with E-state index in [2.05, 4.69) is 47.7 Å². The first-order chi connectivity index (χ1) is 7.69. The average Bonchev–Trinajstić information content (AvgIpc) is 2.48. The molecule has 0 radical (unpaired) electrons. The maximum absolute atomic E-state index is 4.60. The Hall–Kier alpha value is -1.19. The van der Waals surface area contributed by atoms with Crippen LogP contribution in [0, 0.1) is 6.92 Å². The summed E-state index contributed by atoms with van der Waals surface area (Å²) >= 11 is 0. The molecule has 2 heterocycles. The van der Waals surface area contributed by atoms with E-state index < -0.39 is 0 Å². The predicted octanol–water partition coefficient (Wildman–Crippen LogP) is 2.24. The Balaban J connectivity index is 2.51. The van der Waals surface area contributed by atoms with Crippen molar-refractivity contribution >= 4 is 11.5 Å². The molecule has 0 bridgehead atoms. The van der Waals surface area contributed by atoms with E-state index in [9.17, 15) is 0 Å². The summed E-state index contributed by atoms with van der Waals surface area (Å²) in [5, 5.41) is 8.12. The Bertz CT molecular complexity index is 369. The SMILES string of the molecule is CCN1c2c(c(C)nn2CC)NCCC1C. The van der Waals surface area contributed by atoms with E-state index >= 15 is 0 Å². The number of aryl methyl sites for hydroxylation is 2. The van der Waals surface area contributed by atoms with Crippen molar-refractivity contribution in [1.82, 2.24) is 9.78 Å². The molecule has 1 aromatic heterocycles. The van der Waals surface area contributed by atoms with Gasteiger partial charge in [-0.1, -0.05) is 0 Å². The minimum absolute atomic E-state index is 0.583. The molecule has 0 spiro atoms. The van der Waals surface area contributed by atoms with Gasteiger partial charge in [-0.3, -0.25) is 0 Å². The second-order valence-electron chi connectivity index (χ2n) is 4.45. The highest BCUT2D eigenvalue weighted by atomic mass is 15.4. The molecule has 0 aromatic carbocycles. The number of anilines is 2. The average molecular weight is 222 g/mol. The smallest absolute Gasteiger partial charge is 0.151 e. The van der Waals surface area contributed by atoms with Crippen molar-refractivity contribution in [1.29, 1.82) is 0 Å². The number of rotatable bonds is 2. The van der Waals surface area contributed by atoms with Crippen molar-refractivity contribution < 1.29 is 0 Å². The third-order valence-electron chi connectivity index (χ3n) is 3.41. The standard InChI is InChI=1S/C12H22N4/c1-5-15-9(3)7-8-13-11-10(4)14-16(6-2)12(11)15/h9,13H,5-8H2,1-4H3. The third kappa shape index (κ3) is 1.66. The van der Waals surface area contributed by atoms with Crippen LogP contribution >= 0.6 is 0 Å². The van der Waals surface area contributed by atoms with Gasteiger partial charge in [0.15, 0.2) is 5.82 Å². The zero-order valence-corrected chi connectivity index (χ0v) is 10.7. The number of nitrogens with one attached hydrogen (secondary N) is 1. The number of fused-ring (bicyclic) bond motifs is 1. The summed E-state index contributed by atoms with van der Waals surface area (Å²) < 4.78 is 2.11. The highest BCUT2D eigenvalue weighted by Crippen LogP contribution is 2.33. The molecule has 0 saturated heterocycles. The number of hydrogen-bond acceptors (Lipinski definition) is 3. The Morgan fingerprint density at radius 3 is 2.75 bits per heavy atom. The maximum atomic E-state index is 4.60. The van der Waals surface area contributed by atoms with Crippen molar-refractivity contribution in [2.24, 2.45) is 0 Å². The predicted molar refractivity (Wildman–Crippen MR) is 68.2 cm³/mol. The van der Waals surface area contributed by atoms with Gasteiger partial charge in [0.2, 0.25) is 0 Å². The fraction of sp³-hybridized carbons (Fsp3) is 0.750. The molecule has 4 nitrogen and oxygen atoms in total. The molecule has 0 saturated carbocycles. The van der Waals surface area contributed by atoms with Crippen molar-refractivity contribution in [3.63, 3.8) is 0 Å². The van der Waals surface area contributed by atoms with Gasteiger partial charge in [-0.15, -0.1) is 0 Å². The lowest BCUT2D eigenvalue weighted by molar-refractivity contribution is 0.577. The molecule has 1 atom stereocenters. The van der Waals surface area contributed by atoms with Gasteiger partial charge in [0.1, 0.15) is 5.69 Å².